The first-order valence-electron chi connectivity index (χ1n) is 8.81. The average Bonchev–Trinajstić information content (AvgIpc) is 3.24. The van der Waals surface area contributed by atoms with Crippen molar-refractivity contribution >= 4 is 5.91 Å². The molecule has 1 amide bonds. The highest BCUT2D eigenvalue weighted by atomic mass is 16.5. The summed E-state index contributed by atoms with van der Waals surface area (Å²) in [5.41, 5.74) is 4.96. The van der Waals surface area contributed by atoms with E-state index < -0.39 is 0 Å². The summed E-state index contributed by atoms with van der Waals surface area (Å²) in [6.45, 7) is 5.90. The zero-order valence-electron chi connectivity index (χ0n) is 16.6. The summed E-state index contributed by atoms with van der Waals surface area (Å²) in [7, 11) is 5.31. The van der Waals surface area contributed by atoms with Crippen LogP contribution in [0, 0.1) is 13.8 Å². The molecule has 3 rings (SSSR count). The highest BCUT2D eigenvalue weighted by Gasteiger charge is 2.24. The molecule has 7 heteroatoms. The van der Waals surface area contributed by atoms with Crippen LogP contribution in [0.1, 0.15) is 40.4 Å². The number of amides is 1. The van der Waals surface area contributed by atoms with Gasteiger partial charge in [-0.05, 0) is 32.9 Å². The Morgan fingerprint density at radius 2 is 2.00 bits per heavy atom. The summed E-state index contributed by atoms with van der Waals surface area (Å²) in [5.74, 6) is 0.628. The molecule has 0 aliphatic rings. The highest BCUT2D eigenvalue weighted by molar-refractivity contribution is 5.93. The van der Waals surface area contributed by atoms with Crippen LogP contribution in [0.15, 0.2) is 30.3 Å². The molecule has 0 bridgehead atoms. The minimum absolute atomic E-state index is 0.133. The molecule has 1 unspecified atom stereocenters. The lowest BCUT2D eigenvalue weighted by Crippen LogP contribution is -2.30. The van der Waals surface area contributed by atoms with Crippen molar-refractivity contribution in [2.45, 2.75) is 26.8 Å². The Morgan fingerprint density at radius 3 is 2.63 bits per heavy atom. The molecule has 0 aliphatic carbocycles. The highest BCUT2D eigenvalue weighted by Crippen LogP contribution is 2.30. The Labute approximate surface area is 159 Å². The van der Waals surface area contributed by atoms with Gasteiger partial charge in [-0.1, -0.05) is 18.2 Å². The van der Waals surface area contributed by atoms with Gasteiger partial charge in [0.05, 0.1) is 24.5 Å². The van der Waals surface area contributed by atoms with Crippen molar-refractivity contribution in [3.05, 3.63) is 53.0 Å². The zero-order chi connectivity index (χ0) is 19.7. The lowest BCUT2D eigenvalue weighted by Gasteiger charge is -2.26. The number of carbonyl (C=O) groups excluding carboxylic acids is 1. The summed E-state index contributed by atoms with van der Waals surface area (Å²) >= 11 is 0. The molecule has 1 N–H and O–H groups in total. The van der Waals surface area contributed by atoms with E-state index in [4.69, 9.17) is 4.74 Å². The number of aromatic amines is 1. The largest absolute Gasteiger partial charge is 0.496 e. The SMILES string of the molecule is COc1ccccc1C(C)N(C)C(=O)c1cc(-c2c(C)nn(C)c2C)n[nH]1. The lowest BCUT2D eigenvalue weighted by atomic mass is 10.1. The number of rotatable bonds is 5. The molecule has 142 valence electrons. The van der Waals surface area contributed by atoms with Crippen molar-refractivity contribution < 1.29 is 9.53 Å². The number of ether oxygens (including phenoxy) is 1. The lowest BCUT2D eigenvalue weighted by molar-refractivity contribution is 0.0735. The summed E-state index contributed by atoms with van der Waals surface area (Å²) in [6, 6.07) is 9.35. The molecule has 2 heterocycles. The van der Waals surface area contributed by atoms with Crippen molar-refractivity contribution in [2.24, 2.45) is 7.05 Å². The number of nitrogens with zero attached hydrogens (tertiary/aromatic N) is 4. The van der Waals surface area contributed by atoms with Gasteiger partial charge in [-0.25, -0.2) is 0 Å². The van der Waals surface area contributed by atoms with E-state index in [2.05, 4.69) is 15.3 Å². The van der Waals surface area contributed by atoms with Gasteiger partial charge in [0, 0.05) is 30.9 Å². The maximum atomic E-state index is 13.0. The summed E-state index contributed by atoms with van der Waals surface area (Å²) in [6.07, 6.45) is 0. The van der Waals surface area contributed by atoms with Crippen LogP contribution in [0.3, 0.4) is 0 Å². The number of aryl methyl sites for hydroxylation is 2. The van der Waals surface area contributed by atoms with E-state index in [1.54, 1.807) is 25.1 Å². The number of aromatic nitrogens is 4. The van der Waals surface area contributed by atoms with E-state index >= 15 is 0 Å². The van der Waals surface area contributed by atoms with Crippen molar-refractivity contribution in [2.75, 3.05) is 14.2 Å². The second-order valence-corrected chi connectivity index (χ2v) is 6.67. The van der Waals surface area contributed by atoms with Crippen molar-refractivity contribution in [1.29, 1.82) is 0 Å². The van der Waals surface area contributed by atoms with E-state index in [1.807, 2.05) is 56.8 Å². The molecule has 1 aromatic carbocycles. The van der Waals surface area contributed by atoms with E-state index in [-0.39, 0.29) is 11.9 Å². The van der Waals surface area contributed by atoms with Gasteiger partial charge in [0.1, 0.15) is 11.4 Å². The van der Waals surface area contributed by atoms with Crippen molar-refractivity contribution in [3.63, 3.8) is 0 Å². The van der Waals surface area contributed by atoms with Gasteiger partial charge in [-0.2, -0.15) is 10.2 Å². The van der Waals surface area contributed by atoms with Crippen LogP contribution in [0.5, 0.6) is 5.75 Å². The normalized spacial score (nSPS) is 12.1. The van der Waals surface area contributed by atoms with Gasteiger partial charge in [0.15, 0.2) is 0 Å². The topological polar surface area (TPSA) is 76.0 Å². The van der Waals surface area contributed by atoms with Gasteiger partial charge in [-0.15, -0.1) is 0 Å². The molecule has 2 aromatic heterocycles. The van der Waals surface area contributed by atoms with Gasteiger partial charge < -0.3 is 9.64 Å². The van der Waals surface area contributed by atoms with Crippen molar-refractivity contribution in [1.82, 2.24) is 24.9 Å². The third-order valence-corrected chi connectivity index (χ3v) is 5.06. The van der Waals surface area contributed by atoms with Gasteiger partial charge in [0.25, 0.3) is 5.91 Å². The third kappa shape index (κ3) is 3.32. The minimum atomic E-state index is -0.151. The molecule has 0 spiro atoms. The van der Waals surface area contributed by atoms with Gasteiger partial charge in [-0.3, -0.25) is 14.6 Å². The molecule has 3 aromatic rings. The van der Waals surface area contributed by atoms with Gasteiger partial charge in [0.2, 0.25) is 0 Å². The second-order valence-electron chi connectivity index (χ2n) is 6.67. The van der Waals surface area contributed by atoms with E-state index in [0.717, 1.165) is 34.0 Å². The number of benzene rings is 1. The number of hydrogen-bond acceptors (Lipinski definition) is 4. The number of H-pyrrole nitrogens is 1. The van der Waals surface area contributed by atoms with Crippen LogP contribution in [-0.2, 0) is 7.05 Å². The summed E-state index contributed by atoms with van der Waals surface area (Å²) < 4.78 is 7.24. The molecule has 0 radical (unpaired) electrons. The third-order valence-electron chi connectivity index (χ3n) is 5.06. The molecule has 0 fully saturated rings. The number of carbonyl (C=O) groups is 1. The Balaban J connectivity index is 1.87. The molecular formula is C20H25N5O2. The van der Waals surface area contributed by atoms with E-state index in [9.17, 15) is 4.79 Å². The number of methoxy groups -OCH3 is 1. The summed E-state index contributed by atoms with van der Waals surface area (Å²) in [5, 5.41) is 11.6. The molecule has 0 aliphatic heterocycles. The Bertz CT molecular complexity index is 973. The van der Waals surface area contributed by atoms with E-state index in [1.165, 1.54) is 0 Å². The van der Waals surface area contributed by atoms with Crippen LogP contribution < -0.4 is 4.74 Å². The molecule has 0 saturated heterocycles. The second kappa shape index (κ2) is 7.26. The number of hydrogen-bond donors (Lipinski definition) is 1. The standard InChI is InChI=1S/C20H25N5O2/c1-12-19(14(3)25(5)23-12)16-11-17(22-21-16)20(26)24(4)13(2)15-9-7-8-10-18(15)27-6/h7-11,13H,1-6H3,(H,21,22). The quantitative estimate of drug-likeness (QED) is 0.751. The maximum Gasteiger partial charge on any atom is 0.272 e. The van der Waals surface area contributed by atoms with Gasteiger partial charge >= 0.3 is 0 Å². The van der Waals surface area contributed by atoms with Crippen LogP contribution in [-0.4, -0.2) is 44.9 Å². The predicted molar refractivity (Wildman–Crippen MR) is 104 cm³/mol. The van der Waals surface area contributed by atoms with E-state index in [0.29, 0.717) is 5.69 Å². The maximum absolute atomic E-state index is 13.0. The fraction of sp³-hybridized carbons (Fsp3) is 0.350. The molecule has 0 saturated carbocycles. The zero-order valence-corrected chi connectivity index (χ0v) is 16.6. The number of nitrogens with one attached hydrogen (secondary N) is 1. The predicted octanol–water partition coefficient (Wildman–Crippen LogP) is 3.27. The Morgan fingerprint density at radius 1 is 1.30 bits per heavy atom. The van der Waals surface area contributed by atoms with Crippen LogP contribution >= 0.6 is 0 Å². The monoisotopic (exact) mass is 367 g/mol. The van der Waals surface area contributed by atoms with Crippen LogP contribution in [0.25, 0.3) is 11.3 Å². The first kappa shape index (κ1) is 18.7. The molecule has 7 nitrogen and oxygen atoms in total. The molecule has 1 atom stereocenters. The minimum Gasteiger partial charge on any atom is -0.496 e. The van der Waals surface area contributed by atoms with Crippen LogP contribution in [0.2, 0.25) is 0 Å². The fourth-order valence-electron chi connectivity index (χ4n) is 3.29. The Hall–Kier alpha value is -3.09. The smallest absolute Gasteiger partial charge is 0.272 e. The first-order chi connectivity index (χ1) is 12.8. The fourth-order valence-corrected chi connectivity index (χ4v) is 3.29. The molecular weight excluding hydrogens is 342 g/mol. The molecule has 27 heavy (non-hydrogen) atoms. The first-order valence-corrected chi connectivity index (χ1v) is 8.81. The summed E-state index contributed by atoms with van der Waals surface area (Å²) in [4.78, 5) is 14.7. The Kier molecular flexibility index (Phi) is 5.03. The average molecular weight is 367 g/mol. The van der Waals surface area contributed by atoms with Crippen LogP contribution in [0.4, 0.5) is 0 Å². The number of para-hydroxylation sites is 1. The van der Waals surface area contributed by atoms with Crippen molar-refractivity contribution in [3.8, 4) is 17.0 Å².